The van der Waals surface area contributed by atoms with Gasteiger partial charge >= 0.3 is 0 Å². The Morgan fingerprint density at radius 2 is 2.00 bits per heavy atom. The summed E-state index contributed by atoms with van der Waals surface area (Å²) in [5.74, 6) is 0.375. The monoisotopic (exact) mass is 373 g/mol. The third kappa shape index (κ3) is 5.99. The Kier molecular flexibility index (Phi) is 7.21. The summed E-state index contributed by atoms with van der Waals surface area (Å²) in [6.45, 7) is 4.94. The molecule has 150 valence electrons. The van der Waals surface area contributed by atoms with E-state index in [1.165, 1.54) is 5.56 Å². The number of nitrogens with zero attached hydrogens (tertiary/aromatic N) is 4. The molecule has 2 aliphatic heterocycles. The van der Waals surface area contributed by atoms with Gasteiger partial charge in [-0.1, -0.05) is 6.07 Å². The standard InChI is InChI=1S/C21H35N5O/c1-24(2)20-7-6-18(15-25(3)16-20)21(27)23-19-8-11-26(12-9-19)14-17-5-4-10-22-13-17/h4-5,10,13,18-20H,6-9,11-12,14-16H2,1-3H3,(H,23,27)/t18-,20+/m1/s1. The number of piperidine rings is 1. The first kappa shape index (κ1) is 20.2. The number of aromatic nitrogens is 1. The fourth-order valence-corrected chi connectivity index (χ4v) is 4.33. The maximum atomic E-state index is 12.8. The van der Waals surface area contributed by atoms with E-state index in [-0.39, 0.29) is 11.8 Å². The molecule has 6 nitrogen and oxygen atoms in total. The van der Waals surface area contributed by atoms with Crippen LogP contribution in [0.2, 0.25) is 0 Å². The Morgan fingerprint density at radius 1 is 1.22 bits per heavy atom. The second kappa shape index (κ2) is 9.62. The zero-order chi connectivity index (χ0) is 19.2. The summed E-state index contributed by atoms with van der Waals surface area (Å²) in [6, 6.07) is 4.99. The second-order valence-corrected chi connectivity index (χ2v) is 8.53. The summed E-state index contributed by atoms with van der Waals surface area (Å²) in [5, 5.41) is 3.35. The van der Waals surface area contributed by atoms with E-state index < -0.39 is 0 Å². The van der Waals surface area contributed by atoms with Gasteiger partial charge in [-0.05, 0) is 58.5 Å². The number of amides is 1. The average Bonchev–Trinajstić information content (AvgIpc) is 2.86. The number of hydrogen-bond donors (Lipinski definition) is 1. The Morgan fingerprint density at radius 3 is 2.67 bits per heavy atom. The lowest BCUT2D eigenvalue weighted by Gasteiger charge is -2.33. The largest absolute Gasteiger partial charge is 0.353 e. The normalized spacial score (nSPS) is 26.1. The fourth-order valence-electron chi connectivity index (χ4n) is 4.33. The van der Waals surface area contributed by atoms with Gasteiger partial charge in [0.25, 0.3) is 0 Å². The molecule has 1 aromatic heterocycles. The van der Waals surface area contributed by atoms with Crippen LogP contribution in [0.5, 0.6) is 0 Å². The molecule has 0 unspecified atom stereocenters. The van der Waals surface area contributed by atoms with Crippen LogP contribution in [0.4, 0.5) is 0 Å². The van der Waals surface area contributed by atoms with Crippen LogP contribution >= 0.6 is 0 Å². The molecule has 0 bridgehead atoms. The van der Waals surface area contributed by atoms with Crippen molar-refractivity contribution in [3.63, 3.8) is 0 Å². The van der Waals surface area contributed by atoms with Gasteiger partial charge in [0.1, 0.15) is 0 Å². The number of nitrogens with one attached hydrogen (secondary N) is 1. The molecule has 2 saturated heterocycles. The van der Waals surface area contributed by atoms with Crippen molar-refractivity contribution in [3.05, 3.63) is 30.1 Å². The van der Waals surface area contributed by atoms with Crippen molar-refractivity contribution in [2.45, 2.75) is 44.3 Å². The summed E-state index contributed by atoms with van der Waals surface area (Å²) in [7, 11) is 6.41. The zero-order valence-electron chi connectivity index (χ0n) is 17.1. The van der Waals surface area contributed by atoms with Gasteiger partial charge in [0.2, 0.25) is 5.91 Å². The van der Waals surface area contributed by atoms with Crippen molar-refractivity contribution in [2.24, 2.45) is 5.92 Å². The SMILES string of the molecule is CN1C[C@H](C(=O)NC2CCN(Cc3cccnc3)CC2)CC[C@H](N(C)C)C1. The Balaban J connectivity index is 1.43. The molecular formula is C21H35N5O. The molecule has 3 heterocycles. The zero-order valence-corrected chi connectivity index (χ0v) is 17.1. The molecule has 2 atom stereocenters. The predicted octanol–water partition coefficient (Wildman–Crippen LogP) is 1.43. The van der Waals surface area contributed by atoms with Crippen LogP contribution < -0.4 is 5.32 Å². The van der Waals surface area contributed by atoms with Gasteiger partial charge in [0.15, 0.2) is 0 Å². The number of carbonyl (C=O) groups excluding carboxylic acids is 1. The lowest BCUT2D eigenvalue weighted by atomic mass is 9.98. The van der Waals surface area contributed by atoms with Gasteiger partial charge in [-0.25, -0.2) is 0 Å². The third-order valence-corrected chi connectivity index (χ3v) is 6.07. The van der Waals surface area contributed by atoms with E-state index in [1.807, 2.05) is 18.5 Å². The highest BCUT2D eigenvalue weighted by atomic mass is 16.2. The maximum absolute atomic E-state index is 12.8. The molecule has 0 aromatic carbocycles. The van der Waals surface area contributed by atoms with Crippen molar-refractivity contribution >= 4 is 5.91 Å². The van der Waals surface area contributed by atoms with Crippen molar-refractivity contribution in [3.8, 4) is 0 Å². The van der Waals surface area contributed by atoms with Crippen molar-refractivity contribution in [2.75, 3.05) is 47.3 Å². The number of carbonyl (C=O) groups is 1. The minimum Gasteiger partial charge on any atom is -0.353 e. The number of hydrogen-bond acceptors (Lipinski definition) is 5. The van der Waals surface area contributed by atoms with Gasteiger partial charge in [0.05, 0.1) is 5.92 Å². The predicted molar refractivity (Wildman–Crippen MR) is 108 cm³/mol. The number of pyridine rings is 1. The van der Waals surface area contributed by atoms with E-state index >= 15 is 0 Å². The first-order chi connectivity index (χ1) is 13.0. The van der Waals surface area contributed by atoms with Gasteiger partial charge < -0.3 is 15.1 Å². The van der Waals surface area contributed by atoms with E-state index in [9.17, 15) is 4.79 Å². The maximum Gasteiger partial charge on any atom is 0.224 e. The topological polar surface area (TPSA) is 51.7 Å². The van der Waals surface area contributed by atoms with E-state index in [1.54, 1.807) is 0 Å². The fraction of sp³-hybridized carbons (Fsp3) is 0.714. The van der Waals surface area contributed by atoms with Crippen LogP contribution in [0.3, 0.4) is 0 Å². The molecule has 3 rings (SSSR count). The van der Waals surface area contributed by atoms with E-state index in [0.29, 0.717) is 12.1 Å². The quantitative estimate of drug-likeness (QED) is 0.846. The van der Waals surface area contributed by atoms with Crippen LogP contribution in [0.25, 0.3) is 0 Å². The number of likely N-dealkylation sites (tertiary alicyclic amines) is 2. The summed E-state index contributed by atoms with van der Waals surface area (Å²) in [4.78, 5) is 24.1. The minimum absolute atomic E-state index is 0.119. The Hall–Kier alpha value is -1.50. The average molecular weight is 374 g/mol. The molecule has 2 fully saturated rings. The van der Waals surface area contributed by atoms with Gasteiger partial charge in [-0.2, -0.15) is 0 Å². The van der Waals surface area contributed by atoms with E-state index in [0.717, 1.165) is 58.4 Å². The molecule has 0 radical (unpaired) electrons. The number of likely N-dealkylation sites (N-methyl/N-ethyl adjacent to an activating group) is 2. The Bertz CT molecular complexity index is 585. The molecule has 0 saturated carbocycles. The second-order valence-electron chi connectivity index (χ2n) is 8.53. The van der Waals surface area contributed by atoms with Gasteiger partial charge in [0, 0.05) is 57.2 Å². The molecule has 0 spiro atoms. The first-order valence-electron chi connectivity index (χ1n) is 10.3. The van der Waals surface area contributed by atoms with Crippen LogP contribution in [0.15, 0.2) is 24.5 Å². The molecule has 2 aliphatic rings. The molecule has 1 aromatic rings. The summed E-state index contributed by atoms with van der Waals surface area (Å²) in [5.41, 5.74) is 1.26. The molecule has 0 aliphatic carbocycles. The van der Waals surface area contributed by atoms with Crippen LogP contribution in [-0.2, 0) is 11.3 Å². The van der Waals surface area contributed by atoms with Gasteiger partial charge in [-0.3, -0.25) is 14.7 Å². The molecular weight excluding hydrogens is 338 g/mol. The van der Waals surface area contributed by atoms with Crippen LogP contribution in [-0.4, -0.2) is 85.0 Å². The lowest BCUT2D eigenvalue weighted by molar-refractivity contribution is -0.126. The Labute approximate surface area is 163 Å². The smallest absolute Gasteiger partial charge is 0.224 e. The summed E-state index contributed by atoms with van der Waals surface area (Å²) < 4.78 is 0. The highest BCUT2D eigenvalue weighted by molar-refractivity contribution is 5.79. The summed E-state index contributed by atoms with van der Waals surface area (Å²) >= 11 is 0. The highest BCUT2D eigenvalue weighted by Gasteiger charge is 2.29. The van der Waals surface area contributed by atoms with E-state index in [4.69, 9.17) is 0 Å². The third-order valence-electron chi connectivity index (χ3n) is 6.07. The van der Waals surface area contributed by atoms with Crippen LogP contribution in [0.1, 0.15) is 31.2 Å². The summed E-state index contributed by atoms with van der Waals surface area (Å²) in [6.07, 6.45) is 7.91. The number of rotatable bonds is 5. The lowest BCUT2D eigenvalue weighted by Crippen LogP contribution is -2.47. The molecule has 1 amide bonds. The first-order valence-corrected chi connectivity index (χ1v) is 10.3. The molecule has 6 heteroatoms. The van der Waals surface area contributed by atoms with Crippen molar-refractivity contribution in [1.82, 2.24) is 25.0 Å². The van der Waals surface area contributed by atoms with Crippen molar-refractivity contribution in [1.29, 1.82) is 0 Å². The molecule has 27 heavy (non-hydrogen) atoms. The van der Waals surface area contributed by atoms with E-state index in [2.05, 4.69) is 52.2 Å². The minimum atomic E-state index is 0.119. The van der Waals surface area contributed by atoms with Crippen molar-refractivity contribution < 1.29 is 4.79 Å². The van der Waals surface area contributed by atoms with Crippen LogP contribution in [0, 0.1) is 5.92 Å². The highest BCUT2D eigenvalue weighted by Crippen LogP contribution is 2.20. The van der Waals surface area contributed by atoms with Gasteiger partial charge in [-0.15, -0.1) is 0 Å². The molecule has 1 N–H and O–H groups in total.